The molecule has 2 aliphatic rings. The van der Waals surface area contributed by atoms with Crippen molar-refractivity contribution in [3.8, 4) is 0 Å². The van der Waals surface area contributed by atoms with Crippen LogP contribution in [-0.2, 0) is 45.0 Å². The normalized spacial score (nSPS) is 18.7. The van der Waals surface area contributed by atoms with E-state index in [1.54, 1.807) is 11.1 Å². The molecule has 3 amide bonds. The molecule has 3 aromatic carbocycles. The van der Waals surface area contributed by atoms with Crippen LogP contribution < -0.4 is 16.0 Å². The fourth-order valence-corrected chi connectivity index (χ4v) is 7.14. The third kappa shape index (κ3) is 6.28. The van der Waals surface area contributed by atoms with Crippen LogP contribution in [0.2, 0.25) is 0 Å². The van der Waals surface area contributed by atoms with E-state index < -0.39 is 42.0 Å². The Morgan fingerprint density at radius 1 is 0.854 bits per heavy atom. The fraction of sp³-hybridized carbons (Fsp3) is 0.297. The van der Waals surface area contributed by atoms with Gasteiger partial charge in [0.15, 0.2) is 0 Å². The molecular weight excluding hydrogens is 608 g/mol. The van der Waals surface area contributed by atoms with Crippen molar-refractivity contribution in [2.24, 2.45) is 0 Å². The summed E-state index contributed by atoms with van der Waals surface area (Å²) in [5.74, 6) is -2.35. The van der Waals surface area contributed by atoms with Gasteiger partial charge < -0.3 is 30.6 Å². The molecule has 1 saturated heterocycles. The highest BCUT2D eigenvalue weighted by Crippen LogP contribution is 2.28. The lowest BCUT2D eigenvalue weighted by molar-refractivity contribution is -0.143. The van der Waals surface area contributed by atoms with Gasteiger partial charge in [0.25, 0.3) is 0 Å². The predicted molar refractivity (Wildman–Crippen MR) is 181 cm³/mol. The van der Waals surface area contributed by atoms with Crippen molar-refractivity contribution >= 4 is 45.5 Å². The zero-order chi connectivity index (χ0) is 33.2. The molecule has 0 aliphatic carbocycles. The Morgan fingerprint density at radius 3 is 2.38 bits per heavy atom. The second-order valence-corrected chi connectivity index (χ2v) is 12.7. The van der Waals surface area contributed by atoms with E-state index in [0.29, 0.717) is 32.4 Å². The molecule has 11 heteroatoms. The lowest BCUT2D eigenvalue weighted by Gasteiger charge is -2.31. The molecule has 48 heavy (non-hydrogen) atoms. The Balaban J connectivity index is 1.06. The number of amides is 3. The predicted octanol–water partition coefficient (Wildman–Crippen LogP) is 3.19. The fourth-order valence-electron chi connectivity index (χ4n) is 7.14. The van der Waals surface area contributed by atoms with Crippen molar-refractivity contribution in [3.63, 3.8) is 0 Å². The second-order valence-electron chi connectivity index (χ2n) is 12.7. The van der Waals surface area contributed by atoms with Gasteiger partial charge in [0.05, 0.1) is 6.04 Å². The van der Waals surface area contributed by atoms with Gasteiger partial charge in [0, 0.05) is 59.6 Å². The Labute approximate surface area is 277 Å². The molecular formula is C37H38N6O5. The molecule has 0 bridgehead atoms. The monoisotopic (exact) mass is 646 g/mol. The van der Waals surface area contributed by atoms with Crippen LogP contribution in [0.4, 0.5) is 0 Å². The standard InChI is InChI=1S/C37H38N6O5/c44-34(42-31(37(47)48)18-23-20-38-27-13-6-4-11-24(23)27)29(17-22-9-2-1-3-10-22)41-35(45)33-15-8-16-43(33)36(46)30-19-26-25-12-5-7-14-28(25)40-32(26)21-39-30/h1-7,9-14,20,29-31,33,38-40H,8,15-19,21H2,(H,41,45)(H,42,44)(H,47,48)/t29-,30-,31-,33-/m0/s1. The van der Waals surface area contributed by atoms with Crippen LogP contribution in [0.3, 0.4) is 0 Å². The molecule has 7 rings (SSSR count). The van der Waals surface area contributed by atoms with Crippen LogP contribution in [-0.4, -0.2) is 74.4 Å². The van der Waals surface area contributed by atoms with E-state index in [4.69, 9.17) is 0 Å². The first-order chi connectivity index (χ1) is 23.4. The molecule has 0 spiro atoms. The highest BCUT2D eigenvalue weighted by Gasteiger charge is 2.40. The maximum Gasteiger partial charge on any atom is 0.326 e. The number of rotatable bonds is 10. The molecule has 2 aromatic heterocycles. The number of carboxylic acids is 1. The summed E-state index contributed by atoms with van der Waals surface area (Å²) < 4.78 is 0. The number of fused-ring (bicyclic) bond motifs is 4. The van der Waals surface area contributed by atoms with Crippen LogP contribution in [0.15, 0.2) is 85.1 Å². The Bertz CT molecular complexity index is 1980. The Morgan fingerprint density at radius 2 is 1.58 bits per heavy atom. The summed E-state index contributed by atoms with van der Waals surface area (Å²) in [7, 11) is 0. The summed E-state index contributed by atoms with van der Waals surface area (Å²) in [4.78, 5) is 62.1. The van der Waals surface area contributed by atoms with E-state index in [1.165, 1.54) is 0 Å². The highest BCUT2D eigenvalue weighted by molar-refractivity contribution is 5.95. The second kappa shape index (κ2) is 13.4. The van der Waals surface area contributed by atoms with Gasteiger partial charge in [-0.15, -0.1) is 0 Å². The van der Waals surface area contributed by atoms with Gasteiger partial charge in [0.2, 0.25) is 17.7 Å². The van der Waals surface area contributed by atoms with Crippen molar-refractivity contribution in [1.82, 2.24) is 30.8 Å². The zero-order valence-electron chi connectivity index (χ0n) is 26.4. The van der Waals surface area contributed by atoms with Gasteiger partial charge in [-0.3, -0.25) is 19.7 Å². The lowest BCUT2D eigenvalue weighted by Crippen LogP contribution is -2.58. The van der Waals surface area contributed by atoms with E-state index in [1.807, 2.05) is 72.8 Å². The van der Waals surface area contributed by atoms with E-state index in [2.05, 4.69) is 32.0 Å². The van der Waals surface area contributed by atoms with Crippen molar-refractivity contribution in [2.45, 2.75) is 62.8 Å². The molecule has 0 unspecified atom stereocenters. The number of hydrogen-bond donors (Lipinski definition) is 6. The smallest absolute Gasteiger partial charge is 0.326 e. The van der Waals surface area contributed by atoms with E-state index >= 15 is 0 Å². The van der Waals surface area contributed by atoms with Gasteiger partial charge >= 0.3 is 5.97 Å². The first-order valence-corrected chi connectivity index (χ1v) is 16.4. The Kier molecular flexibility index (Phi) is 8.68. The number of carbonyl (C=O) groups is 4. The number of nitrogens with zero attached hydrogens (tertiary/aromatic N) is 1. The van der Waals surface area contributed by atoms with Gasteiger partial charge in [-0.2, -0.15) is 0 Å². The first-order valence-electron chi connectivity index (χ1n) is 16.4. The molecule has 246 valence electrons. The number of aromatic amines is 2. The summed E-state index contributed by atoms with van der Waals surface area (Å²) in [6.45, 7) is 0.963. The summed E-state index contributed by atoms with van der Waals surface area (Å²) in [5.41, 5.74) is 5.65. The molecule has 4 heterocycles. The molecule has 0 saturated carbocycles. The number of likely N-dealkylation sites (tertiary alicyclic amines) is 1. The number of aromatic nitrogens is 2. The maximum atomic E-state index is 13.9. The SMILES string of the molecule is O=C(O)[C@H](Cc1c[nH]c2ccccc12)NC(=O)[C@H](Cc1ccccc1)NC(=O)[C@@H]1CCCN1C(=O)[C@@H]1Cc2c([nH]c3ccccc23)CN1. The molecule has 0 radical (unpaired) electrons. The number of H-pyrrole nitrogens is 2. The number of nitrogens with one attached hydrogen (secondary N) is 5. The summed E-state index contributed by atoms with van der Waals surface area (Å²) >= 11 is 0. The first kappa shape index (κ1) is 31.2. The molecule has 2 aliphatic heterocycles. The van der Waals surface area contributed by atoms with Crippen molar-refractivity contribution < 1.29 is 24.3 Å². The summed E-state index contributed by atoms with van der Waals surface area (Å²) in [6.07, 6.45) is 3.62. The molecule has 11 nitrogen and oxygen atoms in total. The number of para-hydroxylation sites is 2. The third-order valence-corrected chi connectivity index (χ3v) is 9.60. The topological polar surface area (TPSA) is 159 Å². The van der Waals surface area contributed by atoms with Crippen LogP contribution in [0.5, 0.6) is 0 Å². The third-order valence-electron chi connectivity index (χ3n) is 9.60. The van der Waals surface area contributed by atoms with Crippen LogP contribution in [0, 0.1) is 0 Å². The number of benzene rings is 3. The number of hydrogen-bond acceptors (Lipinski definition) is 5. The van der Waals surface area contributed by atoms with Crippen LogP contribution in [0.25, 0.3) is 21.8 Å². The number of carboxylic acid groups (broad SMARTS) is 1. The molecule has 4 atom stereocenters. The van der Waals surface area contributed by atoms with Gasteiger partial charge in [-0.1, -0.05) is 66.7 Å². The average Bonchev–Trinajstić information content (AvgIpc) is 3.85. The van der Waals surface area contributed by atoms with Gasteiger partial charge in [0.1, 0.15) is 18.1 Å². The molecule has 1 fully saturated rings. The number of carbonyl (C=O) groups excluding carboxylic acids is 3. The highest BCUT2D eigenvalue weighted by atomic mass is 16.4. The van der Waals surface area contributed by atoms with Crippen molar-refractivity contribution in [3.05, 3.63) is 107 Å². The minimum absolute atomic E-state index is 0.0640. The number of aliphatic carboxylic acids is 1. The van der Waals surface area contributed by atoms with E-state index in [-0.39, 0.29) is 18.7 Å². The van der Waals surface area contributed by atoms with Gasteiger partial charge in [-0.25, -0.2) is 4.79 Å². The summed E-state index contributed by atoms with van der Waals surface area (Å²) in [6, 6.07) is 21.4. The largest absolute Gasteiger partial charge is 0.480 e. The van der Waals surface area contributed by atoms with Crippen LogP contribution in [0.1, 0.15) is 35.2 Å². The van der Waals surface area contributed by atoms with E-state index in [0.717, 1.165) is 44.2 Å². The Hall–Kier alpha value is -5.42. The summed E-state index contributed by atoms with van der Waals surface area (Å²) in [5, 5.41) is 21.0. The minimum Gasteiger partial charge on any atom is -0.480 e. The van der Waals surface area contributed by atoms with Crippen molar-refractivity contribution in [1.29, 1.82) is 0 Å². The molecule has 6 N–H and O–H groups in total. The lowest BCUT2D eigenvalue weighted by atomic mass is 9.97. The zero-order valence-corrected chi connectivity index (χ0v) is 26.4. The molecule has 5 aromatic rings. The van der Waals surface area contributed by atoms with Gasteiger partial charge in [-0.05, 0) is 48.1 Å². The van der Waals surface area contributed by atoms with E-state index in [9.17, 15) is 24.3 Å². The van der Waals surface area contributed by atoms with Crippen LogP contribution >= 0.6 is 0 Å². The average molecular weight is 647 g/mol. The maximum absolute atomic E-state index is 13.9. The minimum atomic E-state index is -1.22. The quantitative estimate of drug-likeness (QED) is 0.137. The van der Waals surface area contributed by atoms with Crippen molar-refractivity contribution in [2.75, 3.05) is 6.54 Å².